The Morgan fingerprint density at radius 3 is 2.63 bits per heavy atom. The first-order chi connectivity index (χ1) is 17.0. The molecular weight excluding hydrogens is 464 g/mol. The lowest BCUT2D eigenvalue weighted by atomic mass is 10.1. The number of aryl methyl sites for hydroxylation is 2. The molecule has 35 heavy (non-hydrogen) atoms. The molecule has 8 heteroatoms. The lowest BCUT2D eigenvalue weighted by Crippen LogP contribution is -2.19. The lowest BCUT2D eigenvalue weighted by Gasteiger charge is -2.12. The molecule has 3 aromatic heterocycles. The van der Waals surface area contributed by atoms with E-state index in [1.54, 1.807) is 30.1 Å². The lowest BCUT2D eigenvalue weighted by molar-refractivity contribution is 0.308. The van der Waals surface area contributed by atoms with Crippen molar-refractivity contribution in [2.45, 2.75) is 20.5 Å². The van der Waals surface area contributed by atoms with Crippen LogP contribution in [0.1, 0.15) is 17.0 Å². The summed E-state index contributed by atoms with van der Waals surface area (Å²) in [6.07, 6.45) is 1.68. The zero-order valence-corrected chi connectivity index (χ0v) is 20.3. The molecule has 0 saturated heterocycles. The van der Waals surface area contributed by atoms with Crippen molar-refractivity contribution in [2.75, 3.05) is 7.11 Å². The van der Waals surface area contributed by atoms with Gasteiger partial charge in [-0.3, -0.25) is 9.20 Å². The summed E-state index contributed by atoms with van der Waals surface area (Å²) in [5, 5.41) is 5.35. The molecule has 0 bridgehead atoms. The third-order valence-electron chi connectivity index (χ3n) is 5.78. The Morgan fingerprint density at radius 1 is 1.00 bits per heavy atom. The van der Waals surface area contributed by atoms with E-state index in [9.17, 15) is 4.79 Å². The zero-order valence-electron chi connectivity index (χ0n) is 19.5. The third-order valence-corrected chi connectivity index (χ3v) is 6.15. The van der Waals surface area contributed by atoms with Gasteiger partial charge in [0.05, 0.1) is 24.1 Å². The van der Waals surface area contributed by atoms with Crippen LogP contribution in [0.25, 0.3) is 22.6 Å². The monoisotopic (exact) mass is 486 g/mol. The fourth-order valence-electron chi connectivity index (χ4n) is 4.02. The molecule has 3 heterocycles. The van der Waals surface area contributed by atoms with E-state index in [1.807, 2.05) is 68.4 Å². The highest BCUT2D eigenvalue weighted by Crippen LogP contribution is 2.26. The van der Waals surface area contributed by atoms with Crippen LogP contribution in [-0.2, 0) is 6.61 Å². The quantitative estimate of drug-likeness (QED) is 0.321. The molecule has 0 aliphatic rings. The standard InChI is InChI=1S/C27H23ClN4O3/c1-17-14-23(30-32(17)20-9-6-10-21(15-20)34-3)25-18(2)29-26-24(12-7-13-31(26)27(25)33)35-16-19-8-4-5-11-22(19)28/h4-15H,16H2,1-3H3. The van der Waals surface area contributed by atoms with E-state index in [0.29, 0.717) is 33.4 Å². The fourth-order valence-corrected chi connectivity index (χ4v) is 4.21. The Labute approximate surface area is 207 Å². The summed E-state index contributed by atoms with van der Waals surface area (Å²) < 4.78 is 14.6. The van der Waals surface area contributed by atoms with E-state index >= 15 is 0 Å². The molecule has 0 unspecified atom stereocenters. The van der Waals surface area contributed by atoms with Gasteiger partial charge in [0.25, 0.3) is 5.56 Å². The number of fused-ring (bicyclic) bond motifs is 1. The minimum absolute atomic E-state index is 0.217. The molecule has 0 radical (unpaired) electrons. The number of ether oxygens (including phenoxy) is 2. The van der Waals surface area contributed by atoms with E-state index in [0.717, 1.165) is 22.7 Å². The number of halogens is 1. The molecular formula is C27H23ClN4O3. The van der Waals surface area contributed by atoms with E-state index in [-0.39, 0.29) is 12.2 Å². The normalized spacial score (nSPS) is 11.1. The average Bonchev–Trinajstić information content (AvgIpc) is 3.24. The maximum atomic E-state index is 13.6. The molecule has 0 fully saturated rings. The predicted molar refractivity (Wildman–Crippen MR) is 136 cm³/mol. The van der Waals surface area contributed by atoms with Crippen LogP contribution < -0.4 is 15.0 Å². The second-order valence-corrected chi connectivity index (χ2v) is 8.51. The van der Waals surface area contributed by atoms with Crippen molar-refractivity contribution in [3.63, 3.8) is 0 Å². The molecule has 0 aliphatic carbocycles. The smallest absolute Gasteiger partial charge is 0.267 e. The minimum atomic E-state index is -0.217. The maximum absolute atomic E-state index is 13.6. The summed E-state index contributed by atoms with van der Waals surface area (Å²) in [7, 11) is 1.62. The Morgan fingerprint density at radius 2 is 1.83 bits per heavy atom. The number of rotatable bonds is 6. The first-order valence-corrected chi connectivity index (χ1v) is 11.4. The van der Waals surface area contributed by atoms with Crippen molar-refractivity contribution in [1.29, 1.82) is 0 Å². The molecule has 5 rings (SSSR count). The second-order valence-electron chi connectivity index (χ2n) is 8.11. The summed E-state index contributed by atoms with van der Waals surface area (Å²) in [5.41, 5.74) is 4.36. The Kier molecular flexibility index (Phi) is 6.01. The highest BCUT2D eigenvalue weighted by Gasteiger charge is 2.18. The van der Waals surface area contributed by atoms with Gasteiger partial charge >= 0.3 is 0 Å². The maximum Gasteiger partial charge on any atom is 0.267 e. The third kappa shape index (κ3) is 4.26. The number of nitrogens with zero attached hydrogens (tertiary/aromatic N) is 4. The van der Waals surface area contributed by atoms with E-state index < -0.39 is 0 Å². The highest BCUT2D eigenvalue weighted by atomic mass is 35.5. The van der Waals surface area contributed by atoms with Crippen LogP contribution in [0.15, 0.2) is 77.7 Å². The van der Waals surface area contributed by atoms with E-state index in [4.69, 9.17) is 31.2 Å². The summed E-state index contributed by atoms with van der Waals surface area (Å²) in [6, 6.07) is 20.5. The van der Waals surface area contributed by atoms with E-state index in [2.05, 4.69) is 0 Å². The van der Waals surface area contributed by atoms with E-state index in [1.165, 1.54) is 4.40 Å². The number of benzene rings is 2. The second kappa shape index (κ2) is 9.27. The molecule has 5 aromatic rings. The average molecular weight is 487 g/mol. The number of aromatic nitrogens is 4. The Bertz CT molecular complexity index is 1610. The van der Waals surface area contributed by atoms with Gasteiger partial charge in [-0.1, -0.05) is 35.9 Å². The van der Waals surface area contributed by atoms with Crippen LogP contribution in [-0.4, -0.2) is 26.3 Å². The topological polar surface area (TPSA) is 70.7 Å². The first-order valence-electron chi connectivity index (χ1n) is 11.1. The molecule has 0 aliphatic heterocycles. The molecule has 0 saturated carbocycles. The zero-order chi connectivity index (χ0) is 24.5. The number of methoxy groups -OCH3 is 1. The van der Waals surface area contributed by atoms with Gasteiger partial charge in [-0.2, -0.15) is 5.10 Å². The molecule has 2 aromatic carbocycles. The van der Waals surface area contributed by atoms with Crippen LogP contribution in [0.3, 0.4) is 0 Å². The van der Waals surface area contributed by atoms with Gasteiger partial charge in [-0.05, 0) is 50.2 Å². The van der Waals surface area contributed by atoms with Crippen LogP contribution in [0.2, 0.25) is 5.02 Å². The summed E-state index contributed by atoms with van der Waals surface area (Å²) in [5.74, 6) is 1.23. The van der Waals surface area contributed by atoms with Gasteiger partial charge in [-0.15, -0.1) is 0 Å². The molecule has 0 spiro atoms. The van der Waals surface area contributed by atoms with Crippen molar-refractivity contribution < 1.29 is 9.47 Å². The molecule has 0 N–H and O–H groups in total. The van der Waals surface area contributed by atoms with Crippen molar-refractivity contribution in [2.24, 2.45) is 0 Å². The van der Waals surface area contributed by atoms with Crippen LogP contribution >= 0.6 is 11.6 Å². The summed E-state index contributed by atoms with van der Waals surface area (Å²) in [4.78, 5) is 18.3. The van der Waals surface area contributed by atoms with Gasteiger partial charge in [0.1, 0.15) is 18.1 Å². The van der Waals surface area contributed by atoms with Crippen LogP contribution in [0.4, 0.5) is 0 Å². The van der Waals surface area contributed by atoms with Gasteiger partial charge in [0.15, 0.2) is 11.4 Å². The minimum Gasteiger partial charge on any atom is -0.497 e. The summed E-state index contributed by atoms with van der Waals surface area (Å²) >= 11 is 6.26. The van der Waals surface area contributed by atoms with Crippen molar-refractivity contribution >= 4 is 17.2 Å². The molecule has 7 nitrogen and oxygen atoms in total. The van der Waals surface area contributed by atoms with Gasteiger partial charge in [0.2, 0.25) is 0 Å². The van der Waals surface area contributed by atoms with Gasteiger partial charge in [-0.25, -0.2) is 9.67 Å². The van der Waals surface area contributed by atoms with Crippen molar-refractivity contribution in [3.05, 3.63) is 105 Å². The van der Waals surface area contributed by atoms with Gasteiger partial charge < -0.3 is 9.47 Å². The fraction of sp³-hybridized carbons (Fsp3) is 0.148. The largest absolute Gasteiger partial charge is 0.497 e. The van der Waals surface area contributed by atoms with Crippen LogP contribution in [0.5, 0.6) is 11.5 Å². The number of hydrogen-bond donors (Lipinski definition) is 0. The summed E-state index contributed by atoms with van der Waals surface area (Å²) in [6.45, 7) is 4.01. The van der Waals surface area contributed by atoms with Crippen molar-refractivity contribution in [1.82, 2.24) is 19.2 Å². The number of hydrogen-bond acceptors (Lipinski definition) is 5. The van der Waals surface area contributed by atoms with Gasteiger partial charge in [0, 0.05) is 28.5 Å². The van der Waals surface area contributed by atoms with Crippen molar-refractivity contribution in [3.8, 4) is 28.4 Å². The Hall–Kier alpha value is -4.10. The molecule has 0 atom stereocenters. The Balaban J connectivity index is 1.55. The first kappa shape index (κ1) is 22.7. The highest BCUT2D eigenvalue weighted by molar-refractivity contribution is 6.31. The number of pyridine rings is 1. The van der Waals surface area contributed by atoms with Crippen LogP contribution in [0, 0.1) is 13.8 Å². The molecule has 176 valence electrons. The molecule has 0 amide bonds. The SMILES string of the molecule is COc1cccc(-n2nc(-c3c(C)nc4c(OCc5ccccc5Cl)cccn4c3=O)cc2C)c1. The predicted octanol–water partition coefficient (Wildman–Crippen LogP) is 5.41.